The van der Waals surface area contributed by atoms with Crippen LogP contribution in [0.2, 0.25) is 5.02 Å². The molecule has 0 aliphatic heterocycles. The first kappa shape index (κ1) is 15.7. The minimum absolute atomic E-state index is 0.0336. The average molecular weight is 320 g/mol. The maximum atomic E-state index is 11.6. The molecule has 2 rings (SSSR count). The van der Waals surface area contributed by atoms with Crippen molar-refractivity contribution in [2.75, 3.05) is 12.4 Å². The molecule has 0 aliphatic rings. The van der Waals surface area contributed by atoms with Gasteiger partial charge >= 0.3 is 6.03 Å². The van der Waals surface area contributed by atoms with Gasteiger partial charge in [-0.25, -0.2) is 10.2 Å². The molecule has 7 heteroatoms. The van der Waals surface area contributed by atoms with Crippen LogP contribution in [-0.4, -0.2) is 24.5 Å². The molecule has 0 heterocycles. The van der Waals surface area contributed by atoms with E-state index in [1.54, 1.807) is 36.4 Å². The van der Waals surface area contributed by atoms with Gasteiger partial charge in [-0.2, -0.15) is 5.10 Å². The maximum absolute atomic E-state index is 11.6. The number of amides is 2. The first-order chi connectivity index (χ1) is 10.6. The van der Waals surface area contributed by atoms with Crippen molar-refractivity contribution in [3.05, 3.63) is 53.1 Å². The number of carbonyl (C=O) groups excluding carboxylic acids is 1. The number of phenols is 1. The molecule has 114 valence electrons. The molecule has 0 spiro atoms. The van der Waals surface area contributed by atoms with Crippen LogP contribution in [0.15, 0.2) is 47.6 Å². The molecular weight excluding hydrogens is 306 g/mol. The van der Waals surface area contributed by atoms with E-state index < -0.39 is 6.03 Å². The quantitative estimate of drug-likeness (QED) is 0.597. The third kappa shape index (κ3) is 4.39. The Morgan fingerprint density at radius 3 is 2.86 bits per heavy atom. The lowest BCUT2D eigenvalue weighted by atomic mass is 10.2. The number of hydrogen-bond acceptors (Lipinski definition) is 4. The minimum atomic E-state index is -0.496. The van der Waals surface area contributed by atoms with Crippen molar-refractivity contribution >= 4 is 29.5 Å². The fourth-order valence-corrected chi connectivity index (χ4v) is 1.86. The Kier molecular flexibility index (Phi) is 5.21. The lowest BCUT2D eigenvalue weighted by Gasteiger charge is -2.05. The molecule has 0 atom stereocenters. The standard InChI is InChI=1S/C15H14ClN3O3/c1-22-14-7-10(5-6-13(14)20)9-17-19-15(21)18-12-4-2-3-11(16)8-12/h2-9,20H,1H3,(H2,18,19,21)/b17-9-. The molecule has 0 bridgehead atoms. The zero-order chi connectivity index (χ0) is 15.9. The van der Waals surface area contributed by atoms with Crippen molar-refractivity contribution in [2.45, 2.75) is 0 Å². The number of carbonyl (C=O) groups is 1. The summed E-state index contributed by atoms with van der Waals surface area (Å²) in [4.78, 5) is 11.6. The number of rotatable bonds is 4. The van der Waals surface area contributed by atoms with Crippen LogP contribution < -0.4 is 15.5 Å². The fraction of sp³-hybridized carbons (Fsp3) is 0.0667. The predicted octanol–water partition coefficient (Wildman–Crippen LogP) is 3.21. The highest BCUT2D eigenvalue weighted by Gasteiger charge is 2.02. The second kappa shape index (κ2) is 7.33. The van der Waals surface area contributed by atoms with E-state index in [0.717, 1.165) is 0 Å². The molecule has 0 unspecified atom stereocenters. The highest BCUT2D eigenvalue weighted by atomic mass is 35.5. The Hall–Kier alpha value is -2.73. The van der Waals surface area contributed by atoms with Crippen molar-refractivity contribution in [3.8, 4) is 11.5 Å². The Labute approximate surface area is 132 Å². The molecule has 2 amide bonds. The molecule has 0 saturated carbocycles. The van der Waals surface area contributed by atoms with Crippen molar-refractivity contribution in [1.82, 2.24) is 5.43 Å². The van der Waals surface area contributed by atoms with Crippen molar-refractivity contribution < 1.29 is 14.6 Å². The topological polar surface area (TPSA) is 83.0 Å². The molecule has 22 heavy (non-hydrogen) atoms. The molecule has 0 radical (unpaired) electrons. The fourth-order valence-electron chi connectivity index (χ4n) is 1.67. The van der Waals surface area contributed by atoms with Gasteiger partial charge in [0.25, 0.3) is 0 Å². The zero-order valence-electron chi connectivity index (χ0n) is 11.7. The summed E-state index contributed by atoms with van der Waals surface area (Å²) < 4.78 is 4.98. The van der Waals surface area contributed by atoms with E-state index in [9.17, 15) is 9.90 Å². The number of hydrogen-bond donors (Lipinski definition) is 3. The van der Waals surface area contributed by atoms with E-state index in [1.165, 1.54) is 19.4 Å². The Balaban J connectivity index is 1.93. The van der Waals surface area contributed by atoms with Crippen LogP contribution in [0.3, 0.4) is 0 Å². The van der Waals surface area contributed by atoms with Crippen molar-refractivity contribution in [3.63, 3.8) is 0 Å². The Morgan fingerprint density at radius 2 is 2.14 bits per heavy atom. The van der Waals surface area contributed by atoms with Crippen LogP contribution in [-0.2, 0) is 0 Å². The summed E-state index contributed by atoms with van der Waals surface area (Å²) in [6.07, 6.45) is 1.43. The smallest absolute Gasteiger partial charge is 0.339 e. The van der Waals surface area contributed by atoms with Crippen LogP contribution in [0.4, 0.5) is 10.5 Å². The number of ether oxygens (including phenoxy) is 1. The summed E-state index contributed by atoms with van der Waals surface area (Å²) in [7, 11) is 1.45. The number of benzene rings is 2. The lowest BCUT2D eigenvalue weighted by Crippen LogP contribution is -2.24. The number of aromatic hydroxyl groups is 1. The second-order valence-corrected chi connectivity index (χ2v) is 4.70. The summed E-state index contributed by atoms with van der Waals surface area (Å²) in [5.41, 5.74) is 3.55. The van der Waals surface area contributed by atoms with E-state index >= 15 is 0 Å². The maximum Gasteiger partial charge on any atom is 0.339 e. The van der Waals surface area contributed by atoms with E-state index in [1.807, 2.05) is 0 Å². The molecule has 0 fully saturated rings. The minimum Gasteiger partial charge on any atom is -0.504 e. The summed E-state index contributed by atoms with van der Waals surface area (Å²) in [5.74, 6) is 0.360. The molecule has 6 nitrogen and oxygen atoms in total. The van der Waals surface area contributed by atoms with Gasteiger partial charge in [0.05, 0.1) is 13.3 Å². The first-order valence-electron chi connectivity index (χ1n) is 6.31. The molecule has 2 aromatic rings. The normalized spacial score (nSPS) is 10.5. The van der Waals surface area contributed by atoms with E-state index in [2.05, 4.69) is 15.8 Å². The molecule has 0 saturated heterocycles. The van der Waals surface area contributed by atoms with Crippen LogP contribution in [0.1, 0.15) is 5.56 Å². The highest BCUT2D eigenvalue weighted by molar-refractivity contribution is 6.30. The predicted molar refractivity (Wildman–Crippen MR) is 85.9 cm³/mol. The SMILES string of the molecule is COc1cc(/C=N\NC(=O)Nc2cccc(Cl)c2)ccc1O. The van der Waals surface area contributed by atoms with E-state index in [0.29, 0.717) is 22.0 Å². The number of phenolic OH excluding ortho intramolecular Hbond substituents is 1. The molecule has 2 aromatic carbocycles. The molecule has 3 N–H and O–H groups in total. The van der Waals surface area contributed by atoms with Gasteiger partial charge in [-0.1, -0.05) is 17.7 Å². The highest BCUT2D eigenvalue weighted by Crippen LogP contribution is 2.25. The zero-order valence-corrected chi connectivity index (χ0v) is 12.5. The van der Waals surface area contributed by atoms with Gasteiger partial charge in [-0.05, 0) is 42.0 Å². The van der Waals surface area contributed by atoms with Crippen LogP contribution in [0.5, 0.6) is 11.5 Å². The molecule has 0 aromatic heterocycles. The van der Waals surface area contributed by atoms with E-state index in [4.69, 9.17) is 16.3 Å². The van der Waals surface area contributed by atoms with E-state index in [-0.39, 0.29) is 5.75 Å². The average Bonchev–Trinajstić information content (AvgIpc) is 2.49. The van der Waals surface area contributed by atoms with Crippen molar-refractivity contribution in [2.24, 2.45) is 5.10 Å². The van der Waals surface area contributed by atoms with Crippen LogP contribution in [0.25, 0.3) is 0 Å². The lowest BCUT2D eigenvalue weighted by molar-refractivity contribution is 0.252. The number of urea groups is 1. The van der Waals surface area contributed by atoms with Gasteiger partial charge in [0.1, 0.15) is 0 Å². The van der Waals surface area contributed by atoms with Gasteiger partial charge in [0.15, 0.2) is 11.5 Å². The monoisotopic (exact) mass is 319 g/mol. The third-order valence-electron chi connectivity index (χ3n) is 2.67. The van der Waals surface area contributed by atoms with Gasteiger partial charge in [0, 0.05) is 10.7 Å². The molecule has 0 aliphatic carbocycles. The number of methoxy groups -OCH3 is 1. The van der Waals surface area contributed by atoms with Gasteiger partial charge in [-0.15, -0.1) is 0 Å². The largest absolute Gasteiger partial charge is 0.504 e. The van der Waals surface area contributed by atoms with Crippen molar-refractivity contribution in [1.29, 1.82) is 0 Å². The number of hydrazone groups is 1. The number of halogens is 1. The number of nitrogens with zero attached hydrogens (tertiary/aromatic N) is 1. The summed E-state index contributed by atoms with van der Waals surface area (Å²) in [6, 6.07) is 11.0. The van der Waals surface area contributed by atoms with Crippen LogP contribution in [0, 0.1) is 0 Å². The second-order valence-electron chi connectivity index (χ2n) is 4.27. The van der Waals surface area contributed by atoms with Gasteiger partial charge in [-0.3, -0.25) is 0 Å². The van der Waals surface area contributed by atoms with Gasteiger partial charge in [0.2, 0.25) is 0 Å². The number of anilines is 1. The summed E-state index contributed by atoms with van der Waals surface area (Å²) in [6.45, 7) is 0. The summed E-state index contributed by atoms with van der Waals surface area (Å²) in [5, 5.41) is 16.4. The van der Waals surface area contributed by atoms with Gasteiger partial charge < -0.3 is 15.2 Å². The van der Waals surface area contributed by atoms with Crippen LogP contribution >= 0.6 is 11.6 Å². The summed E-state index contributed by atoms with van der Waals surface area (Å²) >= 11 is 5.82. The molecular formula is C15H14ClN3O3. The Morgan fingerprint density at radius 1 is 1.32 bits per heavy atom. The first-order valence-corrected chi connectivity index (χ1v) is 6.69. The number of nitrogens with one attached hydrogen (secondary N) is 2. The third-order valence-corrected chi connectivity index (χ3v) is 2.90. The Bertz CT molecular complexity index is 704.